The Balaban J connectivity index is 3.02. The lowest BCUT2D eigenvalue weighted by molar-refractivity contribution is 0.282. The Morgan fingerprint density at radius 1 is 0.378 bits per heavy atom. The molecule has 0 atom stereocenters. The van der Waals surface area contributed by atoms with Gasteiger partial charge < -0.3 is 10.4 Å². The van der Waals surface area contributed by atoms with Crippen molar-refractivity contribution >= 4 is 29.2 Å². The summed E-state index contributed by atoms with van der Waals surface area (Å²) in [6.07, 6.45) is 42.2. The molecule has 0 amide bonds. The van der Waals surface area contributed by atoms with Gasteiger partial charge in [0.15, 0.2) is 0 Å². The summed E-state index contributed by atoms with van der Waals surface area (Å²) in [7, 11) is 0. The SMILES string of the molecule is OCCCCCCCCCCCCCCCCCCCCCCCCCCCCCCCCNC(=S)S. The maximum atomic E-state index is 8.78. The van der Waals surface area contributed by atoms with Crippen LogP contribution in [0.15, 0.2) is 0 Å². The normalized spacial score (nSPS) is 11.3. The molecule has 0 unspecified atom stereocenters. The van der Waals surface area contributed by atoms with Crippen molar-refractivity contribution in [3.8, 4) is 0 Å². The average molecular weight is 558 g/mol. The number of rotatable bonds is 32. The predicted octanol–water partition coefficient (Wildman–Crippen LogP) is 11.5. The van der Waals surface area contributed by atoms with Crippen LogP contribution in [0.5, 0.6) is 0 Å². The second kappa shape index (κ2) is 34.2. The van der Waals surface area contributed by atoms with Crippen LogP contribution in [-0.4, -0.2) is 22.6 Å². The monoisotopic (exact) mass is 557 g/mol. The van der Waals surface area contributed by atoms with Gasteiger partial charge in [-0.05, 0) is 12.8 Å². The molecule has 37 heavy (non-hydrogen) atoms. The van der Waals surface area contributed by atoms with E-state index in [1.54, 1.807) is 0 Å². The predicted molar refractivity (Wildman–Crippen MR) is 175 cm³/mol. The van der Waals surface area contributed by atoms with Gasteiger partial charge in [-0.25, -0.2) is 0 Å². The maximum absolute atomic E-state index is 8.78. The highest BCUT2D eigenvalue weighted by Crippen LogP contribution is 2.16. The molecular formula is C33H67NOS2. The smallest absolute Gasteiger partial charge is 0.130 e. The molecule has 222 valence electrons. The molecule has 4 heteroatoms. The second-order valence-corrected chi connectivity index (χ2v) is 12.7. The molecular weight excluding hydrogens is 491 g/mol. The standard InChI is InChI=1S/C33H67NOS2/c35-32-30-28-26-24-22-20-18-16-14-12-10-8-6-4-2-1-3-5-7-9-11-13-15-17-19-21-23-25-27-29-31-34-33(36)37/h35H,1-32H2,(H2,34,36,37). The Hall–Kier alpha value is 0.200. The summed E-state index contributed by atoms with van der Waals surface area (Å²) in [5.41, 5.74) is 0. The van der Waals surface area contributed by atoms with Crippen LogP contribution in [0, 0.1) is 0 Å². The van der Waals surface area contributed by atoms with Crippen molar-refractivity contribution in [3.05, 3.63) is 0 Å². The van der Waals surface area contributed by atoms with E-state index in [0.29, 0.717) is 10.9 Å². The summed E-state index contributed by atoms with van der Waals surface area (Å²) < 4.78 is 0.627. The Bertz CT molecular complexity index is 433. The first-order valence-electron chi connectivity index (χ1n) is 16.8. The van der Waals surface area contributed by atoms with Crippen LogP contribution in [0.2, 0.25) is 0 Å². The molecule has 0 aromatic carbocycles. The summed E-state index contributed by atoms with van der Waals surface area (Å²) in [6, 6.07) is 0. The van der Waals surface area contributed by atoms with E-state index >= 15 is 0 Å². The Morgan fingerprint density at radius 3 is 0.757 bits per heavy atom. The molecule has 0 fully saturated rings. The van der Waals surface area contributed by atoms with Gasteiger partial charge in [0, 0.05) is 13.2 Å². The first-order chi connectivity index (χ1) is 18.3. The molecule has 0 heterocycles. The van der Waals surface area contributed by atoms with Crippen LogP contribution < -0.4 is 5.32 Å². The second-order valence-electron chi connectivity index (χ2n) is 11.6. The molecule has 0 aromatic heterocycles. The summed E-state index contributed by atoms with van der Waals surface area (Å²) in [6.45, 7) is 1.36. The van der Waals surface area contributed by atoms with Gasteiger partial charge in [-0.3, -0.25) is 0 Å². The van der Waals surface area contributed by atoms with Crippen LogP contribution >= 0.6 is 24.8 Å². The third kappa shape index (κ3) is 36.2. The zero-order valence-electron chi connectivity index (χ0n) is 24.9. The molecule has 0 aliphatic heterocycles. The maximum Gasteiger partial charge on any atom is 0.130 e. The van der Waals surface area contributed by atoms with Gasteiger partial charge in [-0.1, -0.05) is 192 Å². The fourth-order valence-corrected chi connectivity index (χ4v) is 5.60. The number of unbranched alkanes of at least 4 members (excludes halogenated alkanes) is 29. The number of aliphatic hydroxyl groups is 1. The molecule has 0 aliphatic rings. The van der Waals surface area contributed by atoms with Crippen molar-refractivity contribution in [1.29, 1.82) is 0 Å². The molecule has 0 saturated heterocycles. The summed E-state index contributed by atoms with van der Waals surface area (Å²) >= 11 is 8.98. The van der Waals surface area contributed by atoms with Gasteiger partial charge in [0.25, 0.3) is 0 Å². The van der Waals surface area contributed by atoms with Crippen LogP contribution in [-0.2, 0) is 0 Å². The lowest BCUT2D eigenvalue weighted by Gasteiger charge is -2.05. The molecule has 0 rings (SSSR count). The zero-order chi connectivity index (χ0) is 26.9. The minimum absolute atomic E-state index is 0.371. The highest BCUT2D eigenvalue weighted by molar-refractivity contribution is 8.11. The van der Waals surface area contributed by atoms with Crippen LogP contribution in [0.25, 0.3) is 0 Å². The van der Waals surface area contributed by atoms with Gasteiger partial charge in [-0.15, -0.1) is 12.6 Å². The van der Waals surface area contributed by atoms with Crippen LogP contribution in [0.3, 0.4) is 0 Å². The van der Waals surface area contributed by atoms with E-state index in [4.69, 9.17) is 17.3 Å². The topological polar surface area (TPSA) is 32.3 Å². The number of nitrogens with one attached hydrogen (secondary N) is 1. The fraction of sp³-hybridized carbons (Fsp3) is 0.970. The molecule has 0 aromatic rings. The van der Waals surface area contributed by atoms with Gasteiger partial charge in [0.05, 0.1) is 0 Å². The van der Waals surface area contributed by atoms with E-state index in [0.717, 1.165) is 13.0 Å². The third-order valence-electron chi connectivity index (χ3n) is 7.86. The van der Waals surface area contributed by atoms with Gasteiger partial charge >= 0.3 is 0 Å². The number of hydrogen-bond acceptors (Lipinski definition) is 2. The van der Waals surface area contributed by atoms with Crippen molar-refractivity contribution < 1.29 is 5.11 Å². The minimum atomic E-state index is 0.371. The number of thiocarbonyl (C=S) groups is 1. The number of thiol groups is 1. The van der Waals surface area contributed by atoms with E-state index in [-0.39, 0.29) is 0 Å². The van der Waals surface area contributed by atoms with Crippen LogP contribution in [0.1, 0.15) is 193 Å². The number of aliphatic hydroxyl groups excluding tert-OH is 1. The quantitative estimate of drug-likeness (QED) is 0.0437. The molecule has 0 radical (unpaired) electrons. The lowest BCUT2D eigenvalue weighted by atomic mass is 10.0. The average Bonchev–Trinajstić information content (AvgIpc) is 2.89. The molecule has 0 spiro atoms. The van der Waals surface area contributed by atoms with Gasteiger partial charge in [-0.2, -0.15) is 0 Å². The Labute approximate surface area is 244 Å². The summed E-state index contributed by atoms with van der Waals surface area (Å²) in [5, 5.41) is 11.9. The van der Waals surface area contributed by atoms with E-state index in [1.165, 1.54) is 186 Å². The Kier molecular flexibility index (Phi) is 34.4. The van der Waals surface area contributed by atoms with Gasteiger partial charge in [0.2, 0.25) is 0 Å². The highest BCUT2D eigenvalue weighted by atomic mass is 32.1. The van der Waals surface area contributed by atoms with Crippen molar-refractivity contribution in [2.75, 3.05) is 13.2 Å². The third-order valence-corrected chi connectivity index (χ3v) is 8.16. The van der Waals surface area contributed by atoms with Crippen LogP contribution in [0.4, 0.5) is 0 Å². The largest absolute Gasteiger partial charge is 0.396 e. The van der Waals surface area contributed by atoms with Crippen molar-refractivity contribution in [3.63, 3.8) is 0 Å². The van der Waals surface area contributed by atoms with E-state index in [9.17, 15) is 0 Å². The number of hydrogen-bond donors (Lipinski definition) is 3. The van der Waals surface area contributed by atoms with E-state index < -0.39 is 0 Å². The summed E-state index contributed by atoms with van der Waals surface area (Å²) in [5.74, 6) is 0. The molecule has 0 saturated carbocycles. The van der Waals surface area contributed by atoms with E-state index in [1.807, 2.05) is 0 Å². The Morgan fingerprint density at radius 2 is 0.568 bits per heavy atom. The zero-order valence-corrected chi connectivity index (χ0v) is 26.6. The lowest BCUT2D eigenvalue weighted by Crippen LogP contribution is -2.17. The van der Waals surface area contributed by atoms with Gasteiger partial charge in [0.1, 0.15) is 4.32 Å². The molecule has 2 nitrogen and oxygen atoms in total. The molecule has 0 bridgehead atoms. The first-order valence-corrected chi connectivity index (χ1v) is 17.7. The van der Waals surface area contributed by atoms with Crippen molar-refractivity contribution in [2.24, 2.45) is 0 Å². The van der Waals surface area contributed by atoms with Crippen molar-refractivity contribution in [1.82, 2.24) is 5.32 Å². The minimum Gasteiger partial charge on any atom is -0.396 e. The van der Waals surface area contributed by atoms with E-state index in [2.05, 4.69) is 17.9 Å². The molecule has 2 N–H and O–H groups in total. The molecule has 0 aliphatic carbocycles. The van der Waals surface area contributed by atoms with Crippen molar-refractivity contribution in [2.45, 2.75) is 193 Å². The first kappa shape index (κ1) is 37.2. The summed E-state index contributed by atoms with van der Waals surface area (Å²) in [4.78, 5) is 0. The highest BCUT2D eigenvalue weighted by Gasteiger charge is 1.97. The fourth-order valence-electron chi connectivity index (χ4n) is 5.38.